The van der Waals surface area contributed by atoms with Gasteiger partial charge in [-0.25, -0.2) is 0 Å². The molecule has 1 aliphatic rings. The molecule has 0 saturated carbocycles. The van der Waals surface area contributed by atoms with Gasteiger partial charge in [0.15, 0.2) is 0 Å². The first-order valence-corrected chi connectivity index (χ1v) is 7.01. The molecule has 1 aliphatic heterocycles. The monoisotopic (exact) mass is 310 g/mol. The molecule has 1 fully saturated rings. The summed E-state index contributed by atoms with van der Waals surface area (Å²) in [5.74, 6) is 0.205. The molecule has 3 rings (SSSR count). The molecule has 0 aliphatic carbocycles. The number of carbonyl (C=O) groups excluding carboxylic acids is 1. The van der Waals surface area contributed by atoms with E-state index in [1.807, 2.05) is 30.3 Å². The van der Waals surface area contributed by atoms with Gasteiger partial charge in [0, 0.05) is 18.7 Å². The number of amides is 1. The summed E-state index contributed by atoms with van der Waals surface area (Å²) in [6, 6.07) is 9.92. The van der Waals surface area contributed by atoms with Gasteiger partial charge in [0.1, 0.15) is 10.0 Å². The van der Waals surface area contributed by atoms with E-state index < -0.39 is 0 Å². The topological polar surface area (TPSA) is 66.9 Å². The summed E-state index contributed by atoms with van der Waals surface area (Å²) in [5.41, 5.74) is 1.06. The Hall–Kier alpha value is -1.50. The van der Waals surface area contributed by atoms with Crippen LogP contribution in [0.25, 0.3) is 10.6 Å². The molecule has 0 atom stereocenters. The van der Waals surface area contributed by atoms with Crippen molar-refractivity contribution in [3.63, 3.8) is 0 Å². The van der Waals surface area contributed by atoms with Crippen LogP contribution in [0.3, 0.4) is 0 Å². The van der Waals surface area contributed by atoms with E-state index >= 15 is 0 Å². The summed E-state index contributed by atoms with van der Waals surface area (Å²) >= 11 is 1.51. The lowest BCUT2D eigenvalue weighted by Crippen LogP contribution is -2.50. The zero-order valence-electron chi connectivity index (χ0n) is 10.7. The van der Waals surface area contributed by atoms with Crippen LogP contribution in [0.5, 0.6) is 0 Å². The number of nitrogens with one attached hydrogen (secondary N) is 2. The van der Waals surface area contributed by atoms with Crippen molar-refractivity contribution in [1.29, 1.82) is 0 Å². The van der Waals surface area contributed by atoms with Crippen LogP contribution in [0.2, 0.25) is 0 Å². The van der Waals surface area contributed by atoms with Gasteiger partial charge in [-0.3, -0.25) is 4.79 Å². The maximum absolute atomic E-state index is 11.7. The van der Waals surface area contributed by atoms with E-state index in [0.717, 1.165) is 28.7 Å². The van der Waals surface area contributed by atoms with Crippen molar-refractivity contribution in [1.82, 2.24) is 20.8 Å². The molecule has 1 amide bonds. The maximum atomic E-state index is 11.7. The number of aromatic nitrogens is 2. The third-order valence-electron chi connectivity index (χ3n) is 3.05. The van der Waals surface area contributed by atoms with Crippen molar-refractivity contribution in [3.8, 4) is 10.6 Å². The van der Waals surface area contributed by atoms with Gasteiger partial charge in [-0.05, 0) is 0 Å². The minimum atomic E-state index is 0. The Morgan fingerprint density at radius 1 is 1.30 bits per heavy atom. The number of hydrogen-bond donors (Lipinski definition) is 2. The Morgan fingerprint density at radius 3 is 2.70 bits per heavy atom. The molecule has 1 saturated heterocycles. The maximum Gasteiger partial charge on any atom is 0.226 e. The molecular weight excluding hydrogens is 296 g/mol. The number of rotatable bonds is 4. The van der Waals surface area contributed by atoms with Gasteiger partial charge in [0.05, 0.1) is 12.5 Å². The van der Waals surface area contributed by atoms with E-state index in [1.165, 1.54) is 11.3 Å². The molecule has 0 radical (unpaired) electrons. The van der Waals surface area contributed by atoms with Crippen molar-refractivity contribution < 1.29 is 4.79 Å². The van der Waals surface area contributed by atoms with Crippen LogP contribution < -0.4 is 10.6 Å². The van der Waals surface area contributed by atoms with Crippen LogP contribution in [0, 0.1) is 5.92 Å². The third kappa shape index (κ3) is 3.33. The summed E-state index contributed by atoms with van der Waals surface area (Å²) in [4.78, 5) is 11.7. The molecule has 2 N–H and O–H groups in total. The Bertz CT molecular complexity index is 571. The fourth-order valence-electron chi connectivity index (χ4n) is 1.80. The normalized spacial score (nSPS) is 14.2. The summed E-state index contributed by atoms with van der Waals surface area (Å²) in [7, 11) is 0. The van der Waals surface area contributed by atoms with Crippen molar-refractivity contribution >= 4 is 29.7 Å². The predicted octanol–water partition coefficient (Wildman–Crippen LogP) is 1.46. The molecule has 1 aromatic carbocycles. The molecule has 2 aromatic rings. The molecule has 0 spiro atoms. The van der Waals surface area contributed by atoms with Gasteiger partial charge in [0.25, 0.3) is 0 Å². The van der Waals surface area contributed by atoms with Crippen molar-refractivity contribution in [2.24, 2.45) is 5.92 Å². The second-order valence-corrected chi connectivity index (χ2v) is 5.50. The molecule has 5 nitrogen and oxygen atoms in total. The highest BCUT2D eigenvalue weighted by molar-refractivity contribution is 7.14. The van der Waals surface area contributed by atoms with Gasteiger partial charge in [0.2, 0.25) is 5.91 Å². The second-order valence-electron chi connectivity index (χ2n) is 4.44. The Morgan fingerprint density at radius 2 is 2.05 bits per heavy atom. The number of nitrogens with zero attached hydrogens (tertiary/aromatic N) is 2. The first-order chi connectivity index (χ1) is 9.33. The Labute approximate surface area is 127 Å². The van der Waals surface area contributed by atoms with E-state index in [9.17, 15) is 4.79 Å². The number of carbonyl (C=O) groups is 1. The zero-order chi connectivity index (χ0) is 13.1. The third-order valence-corrected chi connectivity index (χ3v) is 4.03. The van der Waals surface area contributed by atoms with E-state index in [1.54, 1.807) is 0 Å². The SMILES string of the molecule is Cl.O=C(NCc1nnc(-c2ccccc2)s1)C1CNC1. The lowest BCUT2D eigenvalue weighted by atomic mass is 10.0. The number of benzene rings is 1. The van der Waals surface area contributed by atoms with E-state index in [4.69, 9.17) is 0 Å². The van der Waals surface area contributed by atoms with Gasteiger partial charge >= 0.3 is 0 Å². The van der Waals surface area contributed by atoms with E-state index in [2.05, 4.69) is 20.8 Å². The summed E-state index contributed by atoms with van der Waals surface area (Å²) < 4.78 is 0. The summed E-state index contributed by atoms with van der Waals surface area (Å²) in [5, 5.41) is 15.9. The molecule has 20 heavy (non-hydrogen) atoms. The highest BCUT2D eigenvalue weighted by atomic mass is 35.5. The lowest BCUT2D eigenvalue weighted by molar-refractivity contribution is -0.126. The predicted molar refractivity (Wildman–Crippen MR) is 80.8 cm³/mol. The van der Waals surface area contributed by atoms with Crippen LogP contribution in [0.15, 0.2) is 30.3 Å². The van der Waals surface area contributed by atoms with Crippen LogP contribution in [-0.2, 0) is 11.3 Å². The molecular formula is C13H15ClN4OS. The van der Waals surface area contributed by atoms with Gasteiger partial charge in [-0.2, -0.15) is 0 Å². The largest absolute Gasteiger partial charge is 0.349 e. The Balaban J connectivity index is 0.00000147. The summed E-state index contributed by atoms with van der Waals surface area (Å²) in [6.45, 7) is 2.01. The summed E-state index contributed by atoms with van der Waals surface area (Å²) in [6.07, 6.45) is 0. The van der Waals surface area contributed by atoms with Crippen LogP contribution in [0.1, 0.15) is 5.01 Å². The van der Waals surface area contributed by atoms with Gasteiger partial charge in [-0.15, -0.1) is 22.6 Å². The second kappa shape index (κ2) is 6.78. The van der Waals surface area contributed by atoms with Gasteiger partial charge in [-0.1, -0.05) is 41.7 Å². The minimum absolute atomic E-state index is 0. The van der Waals surface area contributed by atoms with Crippen LogP contribution in [0.4, 0.5) is 0 Å². The van der Waals surface area contributed by atoms with Crippen molar-refractivity contribution in [2.75, 3.05) is 13.1 Å². The van der Waals surface area contributed by atoms with Crippen molar-refractivity contribution in [2.45, 2.75) is 6.54 Å². The lowest BCUT2D eigenvalue weighted by Gasteiger charge is -2.25. The first-order valence-electron chi connectivity index (χ1n) is 6.19. The van der Waals surface area contributed by atoms with Crippen LogP contribution in [-0.4, -0.2) is 29.2 Å². The number of halogens is 1. The molecule has 0 bridgehead atoms. The Kier molecular flexibility index (Phi) is 5.05. The standard InChI is InChI=1S/C13H14N4OS.ClH/c18-12(10-6-14-7-10)15-8-11-16-17-13(19-11)9-4-2-1-3-5-9;/h1-5,10,14H,6-8H2,(H,15,18);1H. The average Bonchev–Trinajstić information content (AvgIpc) is 2.84. The molecule has 0 unspecified atom stereocenters. The van der Waals surface area contributed by atoms with Gasteiger partial charge < -0.3 is 10.6 Å². The molecule has 7 heteroatoms. The van der Waals surface area contributed by atoms with Crippen molar-refractivity contribution in [3.05, 3.63) is 35.3 Å². The fraction of sp³-hybridized carbons (Fsp3) is 0.308. The quantitative estimate of drug-likeness (QED) is 0.897. The highest BCUT2D eigenvalue weighted by Crippen LogP contribution is 2.22. The smallest absolute Gasteiger partial charge is 0.226 e. The first kappa shape index (κ1) is 14.9. The number of hydrogen-bond acceptors (Lipinski definition) is 5. The van der Waals surface area contributed by atoms with E-state index in [-0.39, 0.29) is 24.2 Å². The molecule has 1 aromatic heterocycles. The fourth-order valence-corrected chi connectivity index (χ4v) is 2.59. The zero-order valence-corrected chi connectivity index (χ0v) is 12.3. The van der Waals surface area contributed by atoms with E-state index in [0.29, 0.717) is 6.54 Å². The minimum Gasteiger partial charge on any atom is -0.349 e. The average molecular weight is 311 g/mol. The molecule has 2 heterocycles. The van der Waals surface area contributed by atoms with Crippen LogP contribution >= 0.6 is 23.7 Å². The highest BCUT2D eigenvalue weighted by Gasteiger charge is 2.24. The molecule has 106 valence electrons.